The van der Waals surface area contributed by atoms with Gasteiger partial charge in [-0.1, -0.05) is 13.3 Å². The van der Waals surface area contributed by atoms with Crippen LogP contribution in [0.15, 0.2) is 30.3 Å². The van der Waals surface area contributed by atoms with E-state index in [9.17, 15) is 9.59 Å². The van der Waals surface area contributed by atoms with Gasteiger partial charge in [0.2, 0.25) is 0 Å². The summed E-state index contributed by atoms with van der Waals surface area (Å²) in [6.07, 6.45) is 2.79. The quantitative estimate of drug-likeness (QED) is 0.610. The summed E-state index contributed by atoms with van der Waals surface area (Å²) in [4.78, 5) is 33.3. The molecule has 0 radical (unpaired) electrons. The summed E-state index contributed by atoms with van der Waals surface area (Å²) >= 11 is 2.29. The normalized spacial score (nSPS) is 10.8. The van der Waals surface area contributed by atoms with Gasteiger partial charge >= 0.3 is 11.9 Å². The zero-order valence-corrected chi connectivity index (χ0v) is 15.6. The molecular weight excluding hydrogens is 372 g/mol. The first-order valence-electron chi connectivity index (χ1n) is 8.03. The van der Waals surface area contributed by atoms with E-state index in [1.165, 1.54) is 6.07 Å². The molecule has 0 unspecified atom stereocenters. The summed E-state index contributed by atoms with van der Waals surface area (Å²) in [6, 6.07) is 8.42. The van der Waals surface area contributed by atoms with E-state index in [1.54, 1.807) is 18.2 Å². The maximum atomic E-state index is 11.1. The molecule has 0 saturated carbocycles. The Morgan fingerprint density at radius 2 is 1.58 bits per heavy atom. The number of aromatic carboxylic acids is 2. The van der Waals surface area contributed by atoms with Crippen molar-refractivity contribution in [3.8, 4) is 21.3 Å². The molecule has 2 N–H and O–H groups in total. The molecule has 0 amide bonds. The first kappa shape index (κ1) is 18.2. The van der Waals surface area contributed by atoms with Crippen LogP contribution in [0.2, 0.25) is 0 Å². The Balaban J connectivity index is 2.05. The Labute approximate surface area is 157 Å². The van der Waals surface area contributed by atoms with Crippen LogP contribution in [0.3, 0.4) is 0 Å². The lowest BCUT2D eigenvalue weighted by Gasteiger charge is -2.06. The van der Waals surface area contributed by atoms with Gasteiger partial charge in [-0.25, -0.2) is 19.6 Å². The highest BCUT2D eigenvalue weighted by Gasteiger charge is 2.15. The summed E-state index contributed by atoms with van der Waals surface area (Å²) in [5.74, 6) is -1.48. The molecule has 3 aromatic rings. The van der Waals surface area contributed by atoms with Crippen molar-refractivity contribution >= 4 is 34.6 Å². The van der Waals surface area contributed by atoms with Crippen molar-refractivity contribution in [2.24, 2.45) is 0 Å². The molecule has 0 atom stereocenters. The monoisotopic (exact) mass is 388 g/mol. The summed E-state index contributed by atoms with van der Waals surface area (Å²) < 4.78 is 0. The third-order valence-corrected chi connectivity index (χ3v) is 5.84. The number of thiophene rings is 2. The van der Waals surface area contributed by atoms with Crippen molar-refractivity contribution in [2.45, 2.75) is 26.2 Å². The molecular formula is C18H16N2O4S2. The largest absolute Gasteiger partial charge is 0.477 e. The van der Waals surface area contributed by atoms with E-state index in [1.807, 2.05) is 6.07 Å². The van der Waals surface area contributed by atoms with Crippen molar-refractivity contribution in [1.29, 1.82) is 0 Å². The van der Waals surface area contributed by atoms with Crippen LogP contribution >= 0.6 is 22.7 Å². The minimum absolute atomic E-state index is 0.230. The molecule has 0 saturated heterocycles. The summed E-state index contributed by atoms with van der Waals surface area (Å²) in [6.45, 7) is 2.10. The van der Waals surface area contributed by atoms with Crippen molar-refractivity contribution < 1.29 is 19.8 Å². The summed E-state index contributed by atoms with van der Waals surface area (Å²) in [7, 11) is 0. The summed E-state index contributed by atoms with van der Waals surface area (Å²) in [5.41, 5.74) is 1.52. The average molecular weight is 388 g/mol. The van der Waals surface area contributed by atoms with E-state index in [4.69, 9.17) is 10.2 Å². The van der Waals surface area contributed by atoms with Gasteiger partial charge in [-0.2, -0.15) is 0 Å². The minimum Gasteiger partial charge on any atom is -0.477 e. The van der Waals surface area contributed by atoms with Gasteiger partial charge in [0.05, 0.1) is 15.4 Å². The van der Waals surface area contributed by atoms with Crippen LogP contribution in [0, 0.1) is 0 Å². The second-order valence-corrected chi connectivity index (χ2v) is 7.78. The Morgan fingerprint density at radius 1 is 0.962 bits per heavy atom. The van der Waals surface area contributed by atoms with Gasteiger partial charge in [-0.15, -0.1) is 22.7 Å². The number of carbonyl (C=O) groups is 2. The number of carboxylic acid groups (broad SMARTS) is 2. The van der Waals surface area contributed by atoms with E-state index >= 15 is 0 Å². The van der Waals surface area contributed by atoms with Gasteiger partial charge in [0.15, 0.2) is 5.82 Å². The predicted molar refractivity (Wildman–Crippen MR) is 101 cm³/mol. The first-order valence-corrected chi connectivity index (χ1v) is 9.66. The number of rotatable bonds is 7. The lowest BCUT2D eigenvalue weighted by molar-refractivity contribution is 0.0691. The zero-order valence-electron chi connectivity index (χ0n) is 13.9. The fourth-order valence-electron chi connectivity index (χ4n) is 2.38. The molecule has 0 aliphatic heterocycles. The molecule has 134 valence electrons. The van der Waals surface area contributed by atoms with Gasteiger partial charge in [0.25, 0.3) is 0 Å². The van der Waals surface area contributed by atoms with Crippen LogP contribution in [0.5, 0.6) is 0 Å². The number of hydrogen-bond donors (Lipinski definition) is 2. The van der Waals surface area contributed by atoms with Crippen LogP contribution < -0.4 is 0 Å². The highest BCUT2D eigenvalue weighted by molar-refractivity contribution is 7.17. The van der Waals surface area contributed by atoms with Gasteiger partial charge in [-0.05, 0) is 43.2 Å². The number of carboxylic acids is 2. The number of aromatic nitrogens is 2. The van der Waals surface area contributed by atoms with Gasteiger partial charge in [0.1, 0.15) is 9.75 Å². The average Bonchev–Trinajstić information content (AvgIpc) is 3.29. The van der Waals surface area contributed by atoms with Crippen LogP contribution in [0.25, 0.3) is 21.3 Å². The van der Waals surface area contributed by atoms with Crippen LogP contribution in [0.4, 0.5) is 0 Å². The third-order valence-electron chi connectivity index (χ3n) is 3.67. The molecule has 0 aliphatic rings. The second-order valence-electron chi connectivity index (χ2n) is 5.61. The first-order chi connectivity index (χ1) is 12.5. The fraction of sp³-hybridized carbons (Fsp3) is 0.222. The summed E-state index contributed by atoms with van der Waals surface area (Å²) in [5, 5.41) is 18.2. The molecule has 0 bridgehead atoms. The van der Waals surface area contributed by atoms with Gasteiger partial charge in [0, 0.05) is 5.69 Å². The van der Waals surface area contributed by atoms with Crippen molar-refractivity contribution in [2.75, 3.05) is 0 Å². The molecule has 0 fully saturated rings. The van der Waals surface area contributed by atoms with E-state index in [-0.39, 0.29) is 9.75 Å². The Bertz CT molecular complexity index is 891. The molecule has 3 rings (SSSR count). The molecule has 8 heteroatoms. The third kappa shape index (κ3) is 3.97. The predicted octanol–water partition coefficient (Wildman–Crippen LogP) is 4.67. The smallest absolute Gasteiger partial charge is 0.345 e. The van der Waals surface area contributed by atoms with Crippen LogP contribution in [-0.4, -0.2) is 32.1 Å². The van der Waals surface area contributed by atoms with Crippen LogP contribution in [-0.2, 0) is 6.42 Å². The molecule has 0 aliphatic carbocycles. The standard InChI is InChI=1S/C18H16N2O4S2/c1-2-3-4-10-9-11(12-5-7-14(25-12)17(21)22)20-16(19-10)13-6-8-15(26-13)18(23)24/h5-9H,2-4H2,1H3,(H,21,22)(H,23,24). The number of aryl methyl sites for hydroxylation is 1. The van der Waals surface area contributed by atoms with Gasteiger partial charge in [-0.3, -0.25) is 0 Å². The Morgan fingerprint density at radius 3 is 2.15 bits per heavy atom. The Hall–Kier alpha value is -2.58. The van der Waals surface area contributed by atoms with Gasteiger partial charge < -0.3 is 10.2 Å². The highest BCUT2D eigenvalue weighted by Crippen LogP contribution is 2.31. The number of hydrogen-bond acceptors (Lipinski definition) is 6. The van der Waals surface area contributed by atoms with E-state index in [0.29, 0.717) is 16.4 Å². The minimum atomic E-state index is -0.979. The van der Waals surface area contributed by atoms with E-state index in [2.05, 4.69) is 16.9 Å². The fourth-order valence-corrected chi connectivity index (χ4v) is 3.97. The van der Waals surface area contributed by atoms with E-state index in [0.717, 1.165) is 52.5 Å². The van der Waals surface area contributed by atoms with Crippen molar-refractivity contribution in [3.63, 3.8) is 0 Å². The lowest BCUT2D eigenvalue weighted by atomic mass is 10.1. The SMILES string of the molecule is CCCCc1cc(-c2ccc(C(=O)O)s2)nc(-c2ccc(C(=O)O)s2)n1. The topological polar surface area (TPSA) is 100 Å². The molecule has 3 aromatic heterocycles. The van der Waals surface area contributed by atoms with Crippen molar-refractivity contribution in [3.05, 3.63) is 45.8 Å². The lowest BCUT2D eigenvalue weighted by Crippen LogP contribution is -1.97. The highest BCUT2D eigenvalue weighted by atomic mass is 32.1. The maximum Gasteiger partial charge on any atom is 0.345 e. The zero-order chi connectivity index (χ0) is 18.7. The maximum absolute atomic E-state index is 11.1. The second kappa shape index (κ2) is 7.76. The number of unbranched alkanes of at least 4 members (excludes halogenated alkanes) is 1. The van der Waals surface area contributed by atoms with Crippen LogP contribution in [0.1, 0.15) is 44.8 Å². The molecule has 26 heavy (non-hydrogen) atoms. The molecule has 0 spiro atoms. The molecule has 6 nitrogen and oxygen atoms in total. The molecule has 3 heterocycles. The van der Waals surface area contributed by atoms with E-state index < -0.39 is 11.9 Å². The Kier molecular flexibility index (Phi) is 5.43. The van der Waals surface area contributed by atoms with Crippen molar-refractivity contribution in [1.82, 2.24) is 9.97 Å². The number of nitrogens with zero attached hydrogens (tertiary/aromatic N) is 2. The molecule has 0 aromatic carbocycles.